The Labute approximate surface area is 253 Å². The van der Waals surface area contributed by atoms with Gasteiger partial charge in [0.05, 0.1) is 5.97 Å². The smallest absolute Gasteiger partial charge is 0.0718 e. The Balaban J connectivity index is 1.91. The largest absolute Gasteiger partial charge is 0.545 e. The highest BCUT2D eigenvalue weighted by Gasteiger charge is 2.05. The van der Waals surface area contributed by atoms with Gasteiger partial charge in [-0.25, -0.2) is 0 Å². The van der Waals surface area contributed by atoms with Gasteiger partial charge >= 0.3 is 0 Å². The van der Waals surface area contributed by atoms with Crippen molar-refractivity contribution < 1.29 is 9.90 Å². The predicted octanol–water partition coefficient (Wildman–Crippen LogP) is 9.77. The number of benzene rings is 2. The second-order valence-electron chi connectivity index (χ2n) is 10.9. The first-order valence-corrected chi connectivity index (χ1v) is 14.4. The number of aryl methyl sites for hydroxylation is 1. The summed E-state index contributed by atoms with van der Waals surface area (Å²) >= 11 is 0. The highest BCUT2D eigenvalue weighted by molar-refractivity contribution is 5.88. The van der Waals surface area contributed by atoms with Crippen LogP contribution in [0.15, 0.2) is 119 Å². The van der Waals surface area contributed by atoms with E-state index in [4.69, 9.17) is 0 Å². The van der Waals surface area contributed by atoms with E-state index in [2.05, 4.69) is 114 Å². The number of rotatable bonds is 11. The molecule has 0 bridgehead atoms. The van der Waals surface area contributed by atoms with Crippen molar-refractivity contribution in [2.45, 2.75) is 62.3 Å². The summed E-state index contributed by atoms with van der Waals surface area (Å²) in [5.41, 5.74) is 12.9. The molecule has 0 aromatic heterocycles. The van der Waals surface area contributed by atoms with Crippen molar-refractivity contribution in [1.82, 2.24) is 0 Å². The van der Waals surface area contributed by atoms with E-state index < -0.39 is 5.97 Å². The van der Waals surface area contributed by atoms with E-state index in [1.165, 1.54) is 33.4 Å². The maximum Gasteiger partial charge on any atom is 0.0718 e. The molecule has 0 heterocycles. The van der Waals surface area contributed by atoms with Gasteiger partial charge in [0, 0.05) is 5.56 Å². The fourth-order valence-electron chi connectivity index (χ4n) is 4.18. The molecule has 0 atom stereocenters. The second-order valence-corrected chi connectivity index (χ2v) is 10.9. The van der Waals surface area contributed by atoms with Crippen LogP contribution in [0.2, 0.25) is 0 Å². The first-order chi connectivity index (χ1) is 19.9. The zero-order chi connectivity index (χ0) is 31.2. The van der Waals surface area contributed by atoms with Crippen LogP contribution in [0.4, 0.5) is 0 Å². The lowest BCUT2D eigenvalue weighted by Gasteiger charge is -2.12. The molecule has 2 heteroatoms. The third kappa shape index (κ3) is 10.9. The molecule has 2 nitrogen and oxygen atoms in total. The van der Waals surface area contributed by atoms with Gasteiger partial charge in [-0.1, -0.05) is 132 Å². The van der Waals surface area contributed by atoms with Gasteiger partial charge in [-0.3, -0.25) is 0 Å². The minimum atomic E-state index is -1.14. The lowest BCUT2D eigenvalue weighted by Crippen LogP contribution is -2.23. The third-order valence-electron chi connectivity index (χ3n) is 7.47. The van der Waals surface area contributed by atoms with Crippen LogP contribution in [0.1, 0.15) is 77.0 Å². The molecule has 0 N–H and O–H groups in total. The quantitative estimate of drug-likeness (QED) is 0.258. The summed E-state index contributed by atoms with van der Waals surface area (Å²) in [6.45, 7) is 18.6. The first-order valence-electron chi connectivity index (χ1n) is 14.4. The summed E-state index contributed by atoms with van der Waals surface area (Å²) in [6.07, 6.45) is 29.2. The van der Waals surface area contributed by atoms with E-state index in [0.717, 1.165) is 27.8 Å². The number of aromatic carboxylic acids is 1. The van der Waals surface area contributed by atoms with Crippen LogP contribution in [-0.2, 0) is 0 Å². The van der Waals surface area contributed by atoms with Crippen molar-refractivity contribution in [3.05, 3.63) is 164 Å². The average Bonchev–Trinajstić information content (AvgIpc) is 2.94. The van der Waals surface area contributed by atoms with Gasteiger partial charge in [0.25, 0.3) is 0 Å². The van der Waals surface area contributed by atoms with Crippen LogP contribution in [0, 0.1) is 34.6 Å². The fraction of sp³-hybridized carbons (Fsp3) is 0.225. The van der Waals surface area contributed by atoms with E-state index >= 15 is 0 Å². The minimum Gasteiger partial charge on any atom is -0.545 e. The van der Waals surface area contributed by atoms with Crippen molar-refractivity contribution in [2.24, 2.45) is 0 Å². The molecule has 218 valence electrons. The molecule has 2 rings (SSSR count). The third-order valence-corrected chi connectivity index (χ3v) is 7.47. The van der Waals surface area contributed by atoms with E-state index in [1.807, 2.05) is 51.1 Å². The summed E-state index contributed by atoms with van der Waals surface area (Å²) in [7, 11) is 0. The summed E-state index contributed by atoms with van der Waals surface area (Å²) in [5, 5.41) is 11.2. The van der Waals surface area contributed by atoms with Crippen molar-refractivity contribution in [3.8, 4) is 0 Å². The Morgan fingerprint density at radius 1 is 0.524 bits per heavy atom. The molecule has 2 aromatic rings. The molecule has 0 saturated carbocycles. The fourth-order valence-corrected chi connectivity index (χ4v) is 4.18. The average molecular weight is 558 g/mol. The molecule has 0 aliphatic heterocycles. The highest BCUT2D eigenvalue weighted by Crippen LogP contribution is 2.20. The van der Waals surface area contributed by atoms with Crippen molar-refractivity contribution in [1.29, 1.82) is 0 Å². The van der Waals surface area contributed by atoms with E-state index in [9.17, 15) is 9.90 Å². The Bertz CT molecular complexity index is 1560. The maximum atomic E-state index is 11.2. The molecular formula is C40H45O2-. The summed E-state index contributed by atoms with van der Waals surface area (Å²) in [4.78, 5) is 11.2. The van der Waals surface area contributed by atoms with Crippen LogP contribution >= 0.6 is 0 Å². The van der Waals surface area contributed by atoms with Crippen LogP contribution in [0.25, 0.3) is 12.2 Å². The second kappa shape index (κ2) is 16.7. The van der Waals surface area contributed by atoms with E-state index in [0.29, 0.717) is 0 Å². The Hall–Kier alpha value is -4.43. The van der Waals surface area contributed by atoms with Crippen molar-refractivity contribution in [2.75, 3.05) is 0 Å². The highest BCUT2D eigenvalue weighted by atomic mass is 16.4. The van der Waals surface area contributed by atoms with Gasteiger partial charge in [-0.15, -0.1) is 0 Å². The van der Waals surface area contributed by atoms with E-state index in [1.54, 1.807) is 6.07 Å². The molecule has 0 saturated heterocycles. The summed E-state index contributed by atoms with van der Waals surface area (Å²) in [6, 6.07) is 7.80. The zero-order valence-electron chi connectivity index (χ0n) is 26.7. The molecule has 0 radical (unpaired) electrons. The van der Waals surface area contributed by atoms with Gasteiger partial charge in [0.2, 0.25) is 0 Å². The van der Waals surface area contributed by atoms with Gasteiger partial charge in [-0.2, -0.15) is 0 Å². The van der Waals surface area contributed by atoms with Crippen molar-refractivity contribution >= 4 is 18.1 Å². The summed E-state index contributed by atoms with van der Waals surface area (Å²) < 4.78 is 0. The van der Waals surface area contributed by atoms with Crippen LogP contribution < -0.4 is 5.11 Å². The molecule has 0 fully saturated rings. The monoisotopic (exact) mass is 557 g/mol. The van der Waals surface area contributed by atoms with E-state index in [-0.39, 0.29) is 5.56 Å². The molecule has 0 aliphatic rings. The minimum absolute atomic E-state index is 0.244. The first kappa shape index (κ1) is 33.8. The standard InChI is InChI=1S/C40H46O2/c1-28(16-12-18-30(3)20-23-37-25-22-32(5)33(6)34(37)7)14-10-11-15-29(2)17-13-19-31(4)21-24-38-26-27-39(40(41)42)36(9)35(38)8/h10-27H,1-9H3,(H,41,42)/p-1/b11-10+,16-12+,17-13+,23-20+,24-21+,28-14+,29-15+,30-18+,31-19+. The summed E-state index contributed by atoms with van der Waals surface area (Å²) in [5.74, 6) is -1.14. The number of carbonyl (C=O) groups is 1. The molecule has 2 aromatic carbocycles. The number of hydrogen-bond donors (Lipinski definition) is 0. The predicted molar refractivity (Wildman–Crippen MR) is 181 cm³/mol. The van der Waals surface area contributed by atoms with Gasteiger partial charge in [0.15, 0.2) is 0 Å². The number of hydrogen-bond acceptors (Lipinski definition) is 2. The Morgan fingerprint density at radius 2 is 0.929 bits per heavy atom. The van der Waals surface area contributed by atoms with Gasteiger partial charge < -0.3 is 9.90 Å². The molecule has 0 aliphatic carbocycles. The lowest BCUT2D eigenvalue weighted by molar-refractivity contribution is -0.255. The number of carboxylic acids is 1. The molecular weight excluding hydrogens is 512 g/mol. The van der Waals surface area contributed by atoms with Gasteiger partial charge in [0.1, 0.15) is 0 Å². The van der Waals surface area contributed by atoms with Crippen LogP contribution in [-0.4, -0.2) is 5.97 Å². The molecule has 42 heavy (non-hydrogen) atoms. The van der Waals surface area contributed by atoms with Crippen molar-refractivity contribution in [3.63, 3.8) is 0 Å². The molecule has 0 spiro atoms. The zero-order valence-corrected chi connectivity index (χ0v) is 26.7. The molecule has 0 unspecified atom stereocenters. The van der Waals surface area contributed by atoms with Gasteiger partial charge in [-0.05, 0) is 101 Å². The topological polar surface area (TPSA) is 40.1 Å². The SMILES string of the molecule is CC(/C=C/C=C(C)/C=C/c1ccc(C)c(C)c1C)=C\C=C\C=C(C)\C=C\C=C(C)\C=C\c1ccc(C(=O)[O-])c(C)c1C. The van der Waals surface area contributed by atoms with Crippen LogP contribution in [0.5, 0.6) is 0 Å². The Morgan fingerprint density at radius 3 is 1.40 bits per heavy atom. The molecule has 0 amide bonds. The maximum absolute atomic E-state index is 11.2. The normalized spacial score (nSPS) is 14.1. The lowest BCUT2D eigenvalue weighted by atomic mass is 9.97. The number of allylic oxidation sites excluding steroid dienone is 16. The number of carbonyl (C=O) groups excluding carboxylic acids is 1. The van der Waals surface area contributed by atoms with Crippen LogP contribution in [0.3, 0.4) is 0 Å². The Kier molecular flexibility index (Phi) is 13.5. The number of carboxylic acid groups (broad SMARTS) is 1.